The molecule has 0 unspecified atom stereocenters. The summed E-state index contributed by atoms with van der Waals surface area (Å²) in [5.74, 6) is 1.66. The number of ether oxygens (including phenoxy) is 3. The van der Waals surface area contributed by atoms with E-state index in [1.807, 2.05) is 30.3 Å². The fourth-order valence-electron chi connectivity index (χ4n) is 2.50. The molecule has 0 aromatic heterocycles. The standard InChI is InChI=1S/C18H23NO4/c1-21-15-11-17(23-3)16(22-2)10-13(15)18(19)14(20)9-12-7-5-4-6-8-12/h4-8,10-11,14,18,20H,9,19H2,1-3H3/t14-,18+/m0/s1. The second-order valence-corrected chi connectivity index (χ2v) is 5.23. The van der Waals surface area contributed by atoms with Gasteiger partial charge in [0.2, 0.25) is 0 Å². The van der Waals surface area contributed by atoms with Gasteiger partial charge in [-0.2, -0.15) is 0 Å². The zero-order chi connectivity index (χ0) is 16.8. The largest absolute Gasteiger partial charge is 0.496 e. The molecule has 0 aliphatic heterocycles. The van der Waals surface area contributed by atoms with Crippen molar-refractivity contribution >= 4 is 0 Å². The van der Waals surface area contributed by atoms with E-state index in [1.165, 1.54) is 0 Å². The average molecular weight is 317 g/mol. The van der Waals surface area contributed by atoms with Crippen LogP contribution in [0.3, 0.4) is 0 Å². The first-order valence-electron chi connectivity index (χ1n) is 7.38. The van der Waals surface area contributed by atoms with E-state index < -0.39 is 12.1 Å². The molecule has 2 rings (SSSR count). The van der Waals surface area contributed by atoms with E-state index in [0.717, 1.165) is 5.56 Å². The van der Waals surface area contributed by atoms with Crippen molar-refractivity contribution in [2.24, 2.45) is 5.73 Å². The van der Waals surface area contributed by atoms with Crippen LogP contribution in [-0.2, 0) is 6.42 Å². The van der Waals surface area contributed by atoms with Crippen molar-refractivity contribution in [3.8, 4) is 17.2 Å². The molecule has 0 aliphatic carbocycles. The molecule has 5 nitrogen and oxygen atoms in total. The molecule has 23 heavy (non-hydrogen) atoms. The second kappa shape index (κ2) is 7.85. The first-order valence-corrected chi connectivity index (χ1v) is 7.38. The molecule has 5 heteroatoms. The van der Waals surface area contributed by atoms with Crippen LogP contribution in [0.2, 0.25) is 0 Å². The summed E-state index contributed by atoms with van der Waals surface area (Å²) in [4.78, 5) is 0. The van der Waals surface area contributed by atoms with E-state index >= 15 is 0 Å². The third-order valence-electron chi connectivity index (χ3n) is 3.80. The third kappa shape index (κ3) is 3.94. The summed E-state index contributed by atoms with van der Waals surface area (Å²) in [6.07, 6.45) is -0.288. The predicted molar refractivity (Wildman–Crippen MR) is 89.2 cm³/mol. The summed E-state index contributed by atoms with van der Waals surface area (Å²) in [6.45, 7) is 0. The lowest BCUT2D eigenvalue weighted by atomic mass is 9.95. The van der Waals surface area contributed by atoms with E-state index in [4.69, 9.17) is 19.9 Å². The monoisotopic (exact) mass is 317 g/mol. The fourth-order valence-corrected chi connectivity index (χ4v) is 2.50. The molecule has 0 spiro atoms. The van der Waals surface area contributed by atoms with Gasteiger partial charge in [-0.1, -0.05) is 30.3 Å². The minimum Gasteiger partial charge on any atom is -0.496 e. The quantitative estimate of drug-likeness (QED) is 0.820. The number of hydrogen-bond acceptors (Lipinski definition) is 5. The topological polar surface area (TPSA) is 73.9 Å². The fraction of sp³-hybridized carbons (Fsp3) is 0.333. The Morgan fingerprint density at radius 2 is 1.48 bits per heavy atom. The van der Waals surface area contributed by atoms with Gasteiger partial charge in [-0.15, -0.1) is 0 Å². The van der Waals surface area contributed by atoms with Crippen LogP contribution >= 0.6 is 0 Å². The van der Waals surface area contributed by atoms with Crippen molar-refractivity contribution in [1.29, 1.82) is 0 Å². The number of methoxy groups -OCH3 is 3. The van der Waals surface area contributed by atoms with Crippen molar-refractivity contribution in [2.45, 2.75) is 18.6 Å². The van der Waals surface area contributed by atoms with Crippen molar-refractivity contribution in [2.75, 3.05) is 21.3 Å². The van der Waals surface area contributed by atoms with E-state index in [0.29, 0.717) is 29.2 Å². The lowest BCUT2D eigenvalue weighted by Crippen LogP contribution is -2.28. The zero-order valence-electron chi connectivity index (χ0n) is 13.7. The molecule has 2 atom stereocenters. The highest BCUT2D eigenvalue weighted by molar-refractivity contribution is 5.52. The maximum Gasteiger partial charge on any atom is 0.164 e. The molecule has 124 valence electrons. The van der Waals surface area contributed by atoms with E-state index in [-0.39, 0.29) is 0 Å². The molecule has 2 aromatic rings. The number of aliphatic hydroxyl groups excluding tert-OH is 1. The Bertz CT molecular complexity index is 630. The van der Waals surface area contributed by atoms with Crippen LogP contribution in [0, 0.1) is 0 Å². The van der Waals surface area contributed by atoms with Gasteiger partial charge in [0, 0.05) is 18.1 Å². The Kier molecular flexibility index (Phi) is 5.84. The summed E-state index contributed by atoms with van der Waals surface area (Å²) in [6, 6.07) is 12.6. The zero-order valence-corrected chi connectivity index (χ0v) is 13.7. The lowest BCUT2D eigenvalue weighted by Gasteiger charge is -2.23. The van der Waals surface area contributed by atoms with Gasteiger partial charge >= 0.3 is 0 Å². The van der Waals surface area contributed by atoms with Crippen molar-refractivity contribution in [1.82, 2.24) is 0 Å². The molecule has 0 bridgehead atoms. The summed E-state index contributed by atoms with van der Waals surface area (Å²) in [5, 5.41) is 10.5. The van der Waals surface area contributed by atoms with Crippen LogP contribution in [0.4, 0.5) is 0 Å². The minimum atomic E-state index is -0.746. The Balaban J connectivity index is 2.28. The van der Waals surface area contributed by atoms with Crippen LogP contribution in [0.5, 0.6) is 17.2 Å². The van der Waals surface area contributed by atoms with Crippen LogP contribution in [-0.4, -0.2) is 32.5 Å². The van der Waals surface area contributed by atoms with E-state index in [9.17, 15) is 5.11 Å². The summed E-state index contributed by atoms with van der Waals surface area (Å²) in [7, 11) is 4.67. The highest BCUT2D eigenvalue weighted by Gasteiger charge is 2.23. The number of benzene rings is 2. The van der Waals surface area contributed by atoms with Gasteiger partial charge in [0.05, 0.1) is 33.5 Å². The molecule has 0 heterocycles. The van der Waals surface area contributed by atoms with Crippen molar-refractivity contribution < 1.29 is 19.3 Å². The summed E-state index contributed by atoms with van der Waals surface area (Å²) < 4.78 is 16.0. The normalized spacial score (nSPS) is 13.3. The molecule has 0 amide bonds. The van der Waals surface area contributed by atoms with Gasteiger partial charge in [0.1, 0.15) is 5.75 Å². The summed E-state index contributed by atoms with van der Waals surface area (Å²) in [5.41, 5.74) is 7.95. The Labute approximate surface area is 136 Å². The van der Waals surface area contributed by atoms with Gasteiger partial charge in [-0.3, -0.25) is 0 Å². The first-order chi connectivity index (χ1) is 11.1. The molecule has 0 aliphatic rings. The summed E-state index contributed by atoms with van der Waals surface area (Å²) >= 11 is 0. The number of hydrogen-bond donors (Lipinski definition) is 2. The molecule has 3 N–H and O–H groups in total. The third-order valence-corrected chi connectivity index (χ3v) is 3.80. The highest BCUT2D eigenvalue weighted by atomic mass is 16.5. The van der Waals surface area contributed by atoms with Gasteiger partial charge in [-0.05, 0) is 11.6 Å². The molecule has 0 fully saturated rings. The van der Waals surface area contributed by atoms with E-state index in [1.54, 1.807) is 33.5 Å². The number of rotatable bonds is 7. The molecular formula is C18H23NO4. The number of aliphatic hydroxyl groups is 1. The van der Waals surface area contributed by atoms with E-state index in [2.05, 4.69) is 0 Å². The predicted octanol–water partition coefficient (Wildman–Crippen LogP) is 2.32. The molecule has 0 saturated heterocycles. The Hall–Kier alpha value is -2.24. The SMILES string of the molecule is COc1cc(OC)c([C@@H](N)[C@@H](O)Cc2ccccc2)cc1OC. The highest BCUT2D eigenvalue weighted by Crippen LogP contribution is 2.37. The maximum atomic E-state index is 10.5. The van der Waals surface area contributed by atoms with Gasteiger partial charge in [-0.25, -0.2) is 0 Å². The van der Waals surface area contributed by atoms with Gasteiger partial charge in [0.25, 0.3) is 0 Å². The van der Waals surface area contributed by atoms with Crippen molar-refractivity contribution in [3.63, 3.8) is 0 Å². The second-order valence-electron chi connectivity index (χ2n) is 5.23. The molecular weight excluding hydrogens is 294 g/mol. The van der Waals surface area contributed by atoms with Crippen LogP contribution in [0.15, 0.2) is 42.5 Å². The lowest BCUT2D eigenvalue weighted by molar-refractivity contribution is 0.143. The molecule has 0 radical (unpaired) electrons. The van der Waals surface area contributed by atoms with Gasteiger partial charge in [0.15, 0.2) is 11.5 Å². The van der Waals surface area contributed by atoms with Crippen LogP contribution in [0.1, 0.15) is 17.2 Å². The maximum absolute atomic E-state index is 10.5. The van der Waals surface area contributed by atoms with Crippen LogP contribution < -0.4 is 19.9 Å². The Morgan fingerprint density at radius 3 is 2.04 bits per heavy atom. The minimum absolute atomic E-state index is 0.458. The van der Waals surface area contributed by atoms with Crippen LogP contribution in [0.25, 0.3) is 0 Å². The molecule has 0 saturated carbocycles. The first kappa shape index (κ1) is 17.1. The smallest absolute Gasteiger partial charge is 0.164 e. The van der Waals surface area contributed by atoms with Gasteiger partial charge < -0.3 is 25.1 Å². The Morgan fingerprint density at radius 1 is 0.913 bits per heavy atom. The number of nitrogens with two attached hydrogens (primary N) is 1. The average Bonchev–Trinajstić information content (AvgIpc) is 2.60. The van der Waals surface area contributed by atoms with Crippen molar-refractivity contribution in [3.05, 3.63) is 53.6 Å². The molecule has 2 aromatic carbocycles.